The highest BCUT2D eigenvalue weighted by atomic mass is 19.1. The lowest BCUT2D eigenvalue weighted by Gasteiger charge is -2.22. The van der Waals surface area contributed by atoms with Crippen molar-refractivity contribution in [2.45, 2.75) is 19.9 Å². The fraction of sp³-hybridized carbons (Fsp3) is 0.294. The molecule has 2 rings (SSSR count). The minimum Gasteiger partial charge on any atom is -0.497 e. The summed E-state index contributed by atoms with van der Waals surface area (Å²) in [5.41, 5.74) is 4.06. The van der Waals surface area contributed by atoms with Crippen LogP contribution in [0.4, 0.5) is 4.39 Å². The summed E-state index contributed by atoms with van der Waals surface area (Å²) < 4.78 is 19.4. The number of ether oxygens (including phenoxy) is 1. The van der Waals surface area contributed by atoms with Gasteiger partial charge in [-0.15, -0.1) is 0 Å². The normalized spacial score (nSPS) is 12.2. The number of hydrogen-bond acceptors (Lipinski definition) is 2. The standard InChI is InChI=1S/C17H20FNO/c1-11-6-5-7-12(2)16(11)17(19-3)14-9-8-13(20-4)10-15(14)18/h5-10,17,19H,1-4H3. The van der Waals surface area contributed by atoms with Gasteiger partial charge in [0.15, 0.2) is 0 Å². The van der Waals surface area contributed by atoms with Gasteiger partial charge in [0.2, 0.25) is 0 Å². The maximum absolute atomic E-state index is 14.3. The highest BCUT2D eigenvalue weighted by molar-refractivity contribution is 5.43. The van der Waals surface area contributed by atoms with E-state index >= 15 is 0 Å². The molecule has 0 aromatic heterocycles. The van der Waals surface area contributed by atoms with E-state index in [1.165, 1.54) is 13.2 Å². The van der Waals surface area contributed by atoms with Crippen LogP contribution in [0.3, 0.4) is 0 Å². The van der Waals surface area contributed by atoms with Gasteiger partial charge in [-0.25, -0.2) is 4.39 Å². The molecular formula is C17H20FNO. The van der Waals surface area contributed by atoms with Crippen molar-refractivity contribution in [2.24, 2.45) is 0 Å². The van der Waals surface area contributed by atoms with Crippen LogP contribution in [0.1, 0.15) is 28.3 Å². The van der Waals surface area contributed by atoms with Crippen molar-refractivity contribution in [2.75, 3.05) is 14.2 Å². The Kier molecular flexibility index (Phi) is 4.40. The van der Waals surface area contributed by atoms with Gasteiger partial charge in [0.1, 0.15) is 11.6 Å². The van der Waals surface area contributed by atoms with E-state index in [-0.39, 0.29) is 11.9 Å². The van der Waals surface area contributed by atoms with Gasteiger partial charge in [-0.3, -0.25) is 0 Å². The molecule has 2 nitrogen and oxygen atoms in total. The molecule has 0 saturated heterocycles. The molecule has 106 valence electrons. The predicted octanol–water partition coefficient (Wildman–Crippen LogP) is 3.76. The van der Waals surface area contributed by atoms with E-state index < -0.39 is 0 Å². The Balaban J connectivity index is 2.53. The maximum Gasteiger partial charge on any atom is 0.132 e. The van der Waals surface area contributed by atoms with Crippen molar-refractivity contribution in [3.05, 3.63) is 64.5 Å². The Morgan fingerprint density at radius 2 is 1.75 bits per heavy atom. The van der Waals surface area contributed by atoms with Crippen LogP contribution in [0.2, 0.25) is 0 Å². The van der Waals surface area contributed by atoms with E-state index in [2.05, 4.69) is 5.32 Å². The Labute approximate surface area is 119 Å². The first-order valence-corrected chi connectivity index (χ1v) is 6.65. The van der Waals surface area contributed by atoms with E-state index in [1.807, 2.05) is 39.1 Å². The summed E-state index contributed by atoms with van der Waals surface area (Å²) in [4.78, 5) is 0. The monoisotopic (exact) mass is 273 g/mol. The number of halogens is 1. The third-order valence-electron chi connectivity index (χ3n) is 3.64. The van der Waals surface area contributed by atoms with Gasteiger partial charge >= 0.3 is 0 Å². The molecule has 0 heterocycles. The zero-order valence-corrected chi connectivity index (χ0v) is 12.3. The summed E-state index contributed by atoms with van der Waals surface area (Å²) in [6.07, 6.45) is 0. The van der Waals surface area contributed by atoms with Crippen LogP contribution in [-0.2, 0) is 0 Å². The highest BCUT2D eigenvalue weighted by Crippen LogP contribution is 2.30. The zero-order valence-electron chi connectivity index (χ0n) is 12.3. The minimum absolute atomic E-state index is 0.165. The quantitative estimate of drug-likeness (QED) is 0.915. The van der Waals surface area contributed by atoms with Gasteiger partial charge in [-0.2, -0.15) is 0 Å². The first-order valence-electron chi connectivity index (χ1n) is 6.65. The Morgan fingerprint density at radius 1 is 1.10 bits per heavy atom. The molecule has 0 saturated carbocycles. The molecule has 0 radical (unpaired) electrons. The first-order chi connectivity index (χ1) is 9.58. The van der Waals surface area contributed by atoms with Crippen molar-refractivity contribution in [1.82, 2.24) is 5.32 Å². The molecule has 1 atom stereocenters. The number of methoxy groups -OCH3 is 1. The summed E-state index contributed by atoms with van der Waals surface area (Å²) in [6.45, 7) is 4.10. The van der Waals surface area contributed by atoms with Crippen LogP contribution in [0.15, 0.2) is 36.4 Å². The molecular weight excluding hydrogens is 253 g/mol. The van der Waals surface area contributed by atoms with Crippen LogP contribution in [0, 0.1) is 19.7 Å². The van der Waals surface area contributed by atoms with Crippen molar-refractivity contribution < 1.29 is 9.13 Å². The van der Waals surface area contributed by atoms with Crippen molar-refractivity contribution >= 4 is 0 Å². The molecule has 1 N–H and O–H groups in total. The molecule has 1 unspecified atom stereocenters. The molecule has 0 amide bonds. The van der Waals surface area contributed by atoms with Gasteiger partial charge in [-0.05, 0) is 43.7 Å². The van der Waals surface area contributed by atoms with E-state index in [4.69, 9.17) is 4.74 Å². The van der Waals surface area contributed by atoms with Crippen molar-refractivity contribution in [3.8, 4) is 5.75 Å². The number of hydrogen-bond donors (Lipinski definition) is 1. The Hall–Kier alpha value is -1.87. The number of rotatable bonds is 4. The average Bonchev–Trinajstić information content (AvgIpc) is 2.43. The highest BCUT2D eigenvalue weighted by Gasteiger charge is 2.20. The van der Waals surface area contributed by atoms with E-state index in [1.54, 1.807) is 12.1 Å². The van der Waals surface area contributed by atoms with E-state index in [0.29, 0.717) is 11.3 Å². The fourth-order valence-corrected chi connectivity index (χ4v) is 2.61. The summed E-state index contributed by atoms with van der Waals surface area (Å²) in [6, 6.07) is 10.9. The molecule has 0 bridgehead atoms. The molecule has 0 fully saturated rings. The molecule has 2 aromatic carbocycles. The average molecular weight is 273 g/mol. The van der Waals surface area contributed by atoms with E-state index in [0.717, 1.165) is 16.7 Å². The summed E-state index contributed by atoms with van der Waals surface area (Å²) >= 11 is 0. The largest absolute Gasteiger partial charge is 0.497 e. The lowest BCUT2D eigenvalue weighted by atomic mass is 9.91. The lowest BCUT2D eigenvalue weighted by Crippen LogP contribution is -2.21. The predicted molar refractivity (Wildman–Crippen MR) is 79.8 cm³/mol. The first kappa shape index (κ1) is 14.5. The molecule has 0 aliphatic carbocycles. The van der Waals surface area contributed by atoms with Crippen LogP contribution in [0.5, 0.6) is 5.75 Å². The lowest BCUT2D eigenvalue weighted by molar-refractivity contribution is 0.410. The topological polar surface area (TPSA) is 21.3 Å². The minimum atomic E-state index is -0.258. The smallest absolute Gasteiger partial charge is 0.132 e. The van der Waals surface area contributed by atoms with Gasteiger partial charge < -0.3 is 10.1 Å². The van der Waals surface area contributed by atoms with Crippen molar-refractivity contribution in [3.63, 3.8) is 0 Å². The van der Waals surface area contributed by atoms with Gasteiger partial charge in [-0.1, -0.05) is 24.3 Å². The maximum atomic E-state index is 14.3. The van der Waals surface area contributed by atoms with Crippen LogP contribution >= 0.6 is 0 Å². The molecule has 3 heteroatoms. The number of benzene rings is 2. The Bertz CT molecular complexity index is 590. The number of aryl methyl sites for hydroxylation is 2. The molecule has 0 spiro atoms. The molecule has 0 aliphatic rings. The third-order valence-corrected chi connectivity index (χ3v) is 3.64. The van der Waals surface area contributed by atoms with Gasteiger partial charge in [0, 0.05) is 11.6 Å². The molecule has 20 heavy (non-hydrogen) atoms. The van der Waals surface area contributed by atoms with Gasteiger partial charge in [0.05, 0.1) is 13.2 Å². The van der Waals surface area contributed by atoms with Crippen LogP contribution in [-0.4, -0.2) is 14.2 Å². The van der Waals surface area contributed by atoms with Crippen molar-refractivity contribution in [1.29, 1.82) is 0 Å². The summed E-state index contributed by atoms with van der Waals surface area (Å²) in [5, 5.41) is 3.21. The third kappa shape index (κ3) is 2.68. The second-order valence-corrected chi connectivity index (χ2v) is 4.91. The molecule has 0 aliphatic heterocycles. The SMILES string of the molecule is CNC(c1ccc(OC)cc1F)c1c(C)cccc1C. The molecule has 2 aromatic rings. The number of nitrogens with one attached hydrogen (secondary N) is 1. The second kappa shape index (κ2) is 6.06. The summed E-state index contributed by atoms with van der Waals surface area (Å²) in [5.74, 6) is 0.272. The summed E-state index contributed by atoms with van der Waals surface area (Å²) in [7, 11) is 3.38. The van der Waals surface area contributed by atoms with Crippen LogP contribution < -0.4 is 10.1 Å². The van der Waals surface area contributed by atoms with E-state index in [9.17, 15) is 4.39 Å². The second-order valence-electron chi connectivity index (χ2n) is 4.91. The fourth-order valence-electron chi connectivity index (χ4n) is 2.61. The Morgan fingerprint density at radius 3 is 2.25 bits per heavy atom. The zero-order chi connectivity index (χ0) is 14.7. The van der Waals surface area contributed by atoms with Crippen LogP contribution in [0.25, 0.3) is 0 Å². The van der Waals surface area contributed by atoms with Gasteiger partial charge in [0.25, 0.3) is 0 Å².